The van der Waals surface area contributed by atoms with E-state index in [0.717, 1.165) is 0 Å². The van der Waals surface area contributed by atoms with Gasteiger partial charge in [-0.1, -0.05) is 12.1 Å². The zero-order chi connectivity index (χ0) is 13.5. The number of carbonyl (C=O) groups is 2. The average Bonchev–Trinajstić information content (AvgIpc) is 2.36. The second kappa shape index (κ2) is 6.48. The van der Waals surface area contributed by atoms with E-state index in [-0.39, 0.29) is 6.61 Å². The highest BCUT2D eigenvalue weighted by Gasteiger charge is 2.14. The molecule has 1 atom stereocenters. The summed E-state index contributed by atoms with van der Waals surface area (Å²) in [4.78, 5) is 21.9. The zero-order valence-electron chi connectivity index (χ0n) is 10.2. The van der Waals surface area contributed by atoms with Crippen LogP contribution in [0.4, 0.5) is 0 Å². The molecule has 1 amide bonds. The molecule has 0 saturated heterocycles. The Bertz CT molecular complexity index is 432. The number of carboxylic acid groups (broad SMARTS) is 1. The number of para-hydroxylation sites is 2. The van der Waals surface area contributed by atoms with Gasteiger partial charge in [-0.25, -0.2) is 0 Å². The predicted molar refractivity (Wildman–Crippen MR) is 63.7 cm³/mol. The van der Waals surface area contributed by atoms with Gasteiger partial charge < -0.3 is 19.9 Å². The molecule has 98 valence electrons. The first-order chi connectivity index (χ1) is 8.54. The Balaban J connectivity index is 2.50. The molecule has 1 rings (SSSR count). The minimum Gasteiger partial charge on any atom is -0.493 e. The van der Waals surface area contributed by atoms with Crippen molar-refractivity contribution in [3.63, 3.8) is 0 Å². The maximum atomic E-state index is 11.4. The summed E-state index contributed by atoms with van der Waals surface area (Å²) >= 11 is 0. The van der Waals surface area contributed by atoms with E-state index in [9.17, 15) is 9.59 Å². The van der Waals surface area contributed by atoms with Gasteiger partial charge in [-0.2, -0.15) is 0 Å². The van der Waals surface area contributed by atoms with Crippen molar-refractivity contribution in [2.45, 2.75) is 13.0 Å². The normalized spacial score (nSPS) is 11.4. The lowest BCUT2D eigenvalue weighted by Gasteiger charge is -2.12. The van der Waals surface area contributed by atoms with Crippen molar-refractivity contribution in [2.24, 2.45) is 0 Å². The van der Waals surface area contributed by atoms with E-state index >= 15 is 0 Å². The summed E-state index contributed by atoms with van der Waals surface area (Å²) in [5, 5.41) is 10.9. The monoisotopic (exact) mass is 253 g/mol. The standard InChI is InChI=1S/C12H15NO5/c1-8(12(15)16)13-11(14)7-18-10-6-4-3-5-9(10)17-2/h3-6,8H,7H2,1-2H3,(H,13,14)(H,15,16)/t8-/m1/s1. The van der Waals surface area contributed by atoms with E-state index in [4.69, 9.17) is 14.6 Å². The van der Waals surface area contributed by atoms with E-state index in [0.29, 0.717) is 11.5 Å². The van der Waals surface area contributed by atoms with Crippen molar-refractivity contribution >= 4 is 11.9 Å². The van der Waals surface area contributed by atoms with Crippen LogP contribution in [-0.2, 0) is 9.59 Å². The highest BCUT2D eigenvalue weighted by Crippen LogP contribution is 2.25. The molecule has 0 heterocycles. The number of ether oxygens (including phenoxy) is 2. The first-order valence-corrected chi connectivity index (χ1v) is 5.32. The van der Waals surface area contributed by atoms with Crippen LogP contribution in [0.25, 0.3) is 0 Å². The van der Waals surface area contributed by atoms with Crippen LogP contribution in [0, 0.1) is 0 Å². The molecule has 0 aromatic heterocycles. The molecule has 1 aromatic carbocycles. The number of carbonyl (C=O) groups excluding carboxylic acids is 1. The van der Waals surface area contributed by atoms with Gasteiger partial charge in [0.05, 0.1) is 7.11 Å². The molecule has 0 spiro atoms. The van der Waals surface area contributed by atoms with Gasteiger partial charge in [0.25, 0.3) is 5.91 Å². The Morgan fingerprint density at radius 1 is 1.33 bits per heavy atom. The lowest BCUT2D eigenvalue weighted by molar-refractivity contribution is -0.141. The fraction of sp³-hybridized carbons (Fsp3) is 0.333. The van der Waals surface area contributed by atoms with Gasteiger partial charge in [0.15, 0.2) is 18.1 Å². The van der Waals surface area contributed by atoms with Crippen molar-refractivity contribution in [3.05, 3.63) is 24.3 Å². The molecule has 0 fully saturated rings. The largest absolute Gasteiger partial charge is 0.493 e. The first kappa shape index (κ1) is 13.8. The minimum absolute atomic E-state index is 0.266. The molecule has 0 aliphatic carbocycles. The number of hydrogen-bond acceptors (Lipinski definition) is 4. The van der Waals surface area contributed by atoms with Crippen LogP contribution in [0.3, 0.4) is 0 Å². The Morgan fingerprint density at radius 3 is 2.50 bits per heavy atom. The molecule has 0 saturated carbocycles. The molecular weight excluding hydrogens is 238 g/mol. The van der Waals surface area contributed by atoms with Gasteiger partial charge in [0, 0.05) is 0 Å². The van der Waals surface area contributed by atoms with Crippen LogP contribution in [-0.4, -0.2) is 36.7 Å². The molecule has 18 heavy (non-hydrogen) atoms. The maximum Gasteiger partial charge on any atom is 0.325 e. The number of methoxy groups -OCH3 is 1. The van der Waals surface area contributed by atoms with E-state index < -0.39 is 17.9 Å². The molecule has 2 N–H and O–H groups in total. The van der Waals surface area contributed by atoms with E-state index in [1.807, 2.05) is 0 Å². The minimum atomic E-state index is -1.10. The Morgan fingerprint density at radius 2 is 1.94 bits per heavy atom. The zero-order valence-corrected chi connectivity index (χ0v) is 10.2. The summed E-state index contributed by atoms with van der Waals surface area (Å²) in [6.07, 6.45) is 0. The summed E-state index contributed by atoms with van der Waals surface area (Å²) in [6.45, 7) is 1.11. The Hall–Kier alpha value is -2.24. The van der Waals surface area contributed by atoms with Crippen molar-refractivity contribution in [2.75, 3.05) is 13.7 Å². The molecule has 6 heteroatoms. The fourth-order valence-electron chi connectivity index (χ4n) is 1.23. The number of hydrogen-bond donors (Lipinski definition) is 2. The molecule has 0 unspecified atom stereocenters. The molecule has 0 aliphatic rings. The molecule has 0 radical (unpaired) electrons. The summed E-state index contributed by atoms with van der Waals surface area (Å²) in [5.41, 5.74) is 0. The summed E-state index contributed by atoms with van der Waals surface area (Å²) in [7, 11) is 1.49. The number of amides is 1. The van der Waals surface area contributed by atoms with Crippen LogP contribution in [0.1, 0.15) is 6.92 Å². The van der Waals surface area contributed by atoms with Crippen LogP contribution in [0.2, 0.25) is 0 Å². The van der Waals surface area contributed by atoms with Gasteiger partial charge in [-0.3, -0.25) is 9.59 Å². The molecule has 0 aliphatic heterocycles. The second-order valence-corrected chi connectivity index (χ2v) is 3.57. The smallest absolute Gasteiger partial charge is 0.325 e. The third-order valence-electron chi connectivity index (χ3n) is 2.18. The number of carboxylic acids is 1. The van der Waals surface area contributed by atoms with Crippen molar-refractivity contribution in [3.8, 4) is 11.5 Å². The topological polar surface area (TPSA) is 84.9 Å². The summed E-state index contributed by atoms with van der Waals surface area (Å²) < 4.78 is 10.3. The first-order valence-electron chi connectivity index (χ1n) is 5.32. The lowest BCUT2D eigenvalue weighted by Crippen LogP contribution is -2.40. The van der Waals surface area contributed by atoms with E-state index in [1.54, 1.807) is 24.3 Å². The maximum absolute atomic E-state index is 11.4. The van der Waals surface area contributed by atoms with Gasteiger partial charge in [0.1, 0.15) is 6.04 Å². The van der Waals surface area contributed by atoms with Crippen LogP contribution in [0.15, 0.2) is 24.3 Å². The van der Waals surface area contributed by atoms with Gasteiger partial charge in [0.2, 0.25) is 0 Å². The third-order valence-corrected chi connectivity index (χ3v) is 2.18. The molecule has 1 aromatic rings. The number of nitrogens with one attached hydrogen (secondary N) is 1. The molecule has 0 bridgehead atoms. The Kier molecular flexibility index (Phi) is 4.98. The number of benzene rings is 1. The van der Waals surface area contributed by atoms with Crippen LogP contribution in [0.5, 0.6) is 11.5 Å². The number of aliphatic carboxylic acids is 1. The Labute approximate surface area is 105 Å². The highest BCUT2D eigenvalue weighted by molar-refractivity contribution is 5.84. The van der Waals surface area contributed by atoms with Crippen molar-refractivity contribution < 1.29 is 24.2 Å². The highest BCUT2D eigenvalue weighted by atomic mass is 16.5. The van der Waals surface area contributed by atoms with Gasteiger partial charge in [-0.05, 0) is 19.1 Å². The van der Waals surface area contributed by atoms with Crippen molar-refractivity contribution in [1.82, 2.24) is 5.32 Å². The fourth-order valence-corrected chi connectivity index (χ4v) is 1.23. The molecular formula is C12H15NO5. The van der Waals surface area contributed by atoms with Crippen LogP contribution >= 0.6 is 0 Å². The van der Waals surface area contributed by atoms with Gasteiger partial charge >= 0.3 is 5.97 Å². The second-order valence-electron chi connectivity index (χ2n) is 3.57. The van der Waals surface area contributed by atoms with Crippen LogP contribution < -0.4 is 14.8 Å². The predicted octanol–water partition coefficient (Wildman–Crippen LogP) is 0.663. The third kappa shape index (κ3) is 3.97. The average molecular weight is 253 g/mol. The quantitative estimate of drug-likeness (QED) is 0.778. The van der Waals surface area contributed by atoms with Gasteiger partial charge in [-0.15, -0.1) is 0 Å². The molecule has 6 nitrogen and oxygen atoms in total. The van der Waals surface area contributed by atoms with E-state index in [2.05, 4.69) is 5.32 Å². The summed E-state index contributed by atoms with van der Waals surface area (Å²) in [5.74, 6) is -0.661. The van der Waals surface area contributed by atoms with E-state index in [1.165, 1.54) is 14.0 Å². The van der Waals surface area contributed by atoms with Crippen molar-refractivity contribution in [1.29, 1.82) is 0 Å². The SMILES string of the molecule is COc1ccccc1OCC(=O)N[C@H](C)C(=O)O. The summed E-state index contributed by atoms with van der Waals surface area (Å²) in [6, 6.07) is 5.94. The number of rotatable bonds is 6. The lowest BCUT2D eigenvalue weighted by atomic mass is 10.3.